The molecule has 2 fully saturated rings. The first kappa shape index (κ1) is 29.9. The van der Waals surface area contributed by atoms with E-state index in [1.807, 2.05) is 0 Å². The van der Waals surface area contributed by atoms with Crippen molar-refractivity contribution < 1.29 is 9.53 Å². The molecule has 3 aromatic rings. The maximum atomic E-state index is 12.6. The normalized spacial score (nSPS) is 19.3. The summed E-state index contributed by atoms with van der Waals surface area (Å²) in [5.74, 6) is 0.733. The van der Waals surface area contributed by atoms with Gasteiger partial charge in [0.25, 0.3) is 0 Å². The predicted octanol–water partition coefficient (Wildman–Crippen LogP) is 4.87. The molecule has 1 saturated heterocycles. The smallest absolute Gasteiger partial charge is 0.318 e. The summed E-state index contributed by atoms with van der Waals surface area (Å²) < 4.78 is 6.35. The van der Waals surface area contributed by atoms with Crippen LogP contribution in [0.3, 0.4) is 0 Å². The molecular weight excluding hydrogens is 550 g/mol. The zero-order chi connectivity index (χ0) is 30.8. The largest absolute Gasteiger partial charge is 0.462 e. The van der Waals surface area contributed by atoms with Crippen molar-refractivity contribution in [3.63, 3.8) is 0 Å². The van der Waals surface area contributed by atoms with Gasteiger partial charge in [-0.15, -0.1) is 0 Å². The molecule has 2 aromatic carbocycles. The monoisotopic (exact) mass is 593 g/mol. The molecule has 3 heterocycles. The van der Waals surface area contributed by atoms with Gasteiger partial charge in [-0.2, -0.15) is 15.2 Å². The number of amides is 1. The zero-order valence-corrected chi connectivity index (χ0v) is 26.2. The van der Waals surface area contributed by atoms with Gasteiger partial charge in [0.2, 0.25) is 5.91 Å². The summed E-state index contributed by atoms with van der Waals surface area (Å²) in [6.07, 6.45) is 6.17. The zero-order valence-electron chi connectivity index (χ0n) is 26.2. The van der Waals surface area contributed by atoms with Crippen LogP contribution in [0.25, 0.3) is 10.8 Å². The summed E-state index contributed by atoms with van der Waals surface area (Å²) in [5.41, 5.74) is 4.58. The van der Waals surface area contributed by atoms with E-state index >= 15 is 0 Å². The van der Waals surface area contributed by atoms with Gasteiger partial charge in [-0.05, 0) is 63.2 Å². The van der Waals surface area contributed by atoms with Crippen molar-refractivity contribution in [3.8, 4) is 12.1 Å². The van der Waals surface area contributed by atoms with Gasteiger partial charge in [0.05, 0.1) is 30.8 Å². The van der Waals surface area contributed by atoms with Crippen LogP contribution < -0.4 is 14.5 Å². The lowest BCUT2D eigenvalue weighted by Gasteiger charge is -2.42. The third-order valence-electron chi connectivity index (χ3n) is 9.82. The van der Waals surface area contributed by atoms with E-state index in [2.05, 4.69) is 84.6 Å². The summed E-state index contributed by atoms with van der Waals surface area (Å²) in [7, 11) is 2.18. The second-order valence-electron chi connectivity index (χ2n) is 12.5. The van der Waals surface area contributed by atoms with E-state index in [-0.39, 0.29) is 24.4 Å². The van der Waals surface area contributed by atoms with Crippen LogP contribution in [0.5, 0.6) is 6.01 Å². The van der Waals surface area contributed by atoms with E-state index < -0.39 is 0 Å². The minimum Gasteiger partial charge on any atom is -0.462 e. The molecule has 9 nitrogen and oxygen atoms in total. The number of piperazine rings is 1. The molecular formula is C35H43N7O2. The molecule has 9 heteroatoms. The molecule has 2 atom stereocenters. The quantitative estimate of drug-likeness (QED) is 0.325. The molecule has 0 radical (unpaired) electrons. The fourth-order valence-electron chi connectivity index (χ4n) is 6.89. The number of anilines is 2. The number of aryl methyl sites for hydroxylation is 1. The molecule has 1 aromatic heterocycles. The fourth-order valence-corrected chi connectivity index (χ4v) is 6.89. The molecule has 1 amide bonds. The first-order valence-electron chi connectivity index (χ1n) is 15.9. The number of rotatable bonds is 9. The Morgan fingerprint density at radius 3 is 2.70 bits per heavy atom. The molecule has 0 bridgehead atoms. The van der Waals surface area contributed by atoms with E-state index in [4.69, 9.17) is 14.7 Å². The van der Waals surface area contributed by atoms with Crippen LogP contribution in [0.15, 0.2) is 49.1 Å². The van der Waals surface area contributed by atoms with Gasteiger partial charge in [0.15, 0.2) is 0 Å². The van der Waals surface area contributed by atoms with E-state index in [0.29, 0.717) is 44.8 Å². The van der Waals surface area contributed by atoms with E-state index in [1.54, 1.807) is 4.90 Å². The molecule has 0 unspecified atom stereocenters. The Hall–Kier alpha value is -4.16. The van der Waals surface area contributed by atoms with Crippen LogP contribution in [-0.2, 0) is 17.8 Å². The number of carbonyl (C=O) groups excluding carboxylic acids is 1. The minimum atomic E-state index is -0.232. The summed E-state index contributed by atoms with van der Waals surface area (Å²) >= 11 is 0. The van der Waals surface area contributed by atoms with Crippen molar-refractivity contribution in [3.05, 3.63) is 65.9 Å². The van der Waals surface area contributed by atoms with Crippen molar-refractivity contribution in [2.75, 3.05) is 49.6 Å². The minimum absolute atomic E-state index is 0.135. The number of fused-ring (bicyclic) bond motifs is 2. The van der Waals surface area contributed by atoms with E-state index in [0.717, 1.165) is 30.0 Å². The van der Waals surface area contributed by atoms with Crippen molar-refractivity contribution >= 4 is 28.2 Å². The molecule has 2 aliphatic heterocycles. The van der Waals surface area contributed by atoms with Crippen molar-refractivity contribution in [1.29, 1.82) is 5.26 Å². The van der Waals surface area contributed by atoms with Crippen molar-refractivity contribution in [2.24, 2.45) is 0 Å². The van der Waals surface area contributed by atoms with Crippen LogP contribution >= 0.6 is 0 Å². The third kappa shape index (κ3) is 5.83. The Kier molecular flexibility index (Phi) is 8.72. The average Bonchev–Trinajstić information content (AvgIpc) is 3.01. The molecule has 0 N–H and O–H groups in total. The van der Waals surface area contributed by atoms with E-state index in [9.17, 15) is 10.1 Å². The highest BCUT2D eigenvalue weighted by Gasteiger charge is 2.34. The van der Waals surface area contributed by atoms with Gasteiger partial charge in [-0.25, -0.2) is 0 Å². The lowest BCUT2D eigenvalue weighted by Crippen LogP contribution is -2.55. The molecule has 0 spiro atoms. The topological polar surface area (TPSA) is 88.8 Å². The number of carbonyl (C=O) groups is 1. The lowest BCUT2D eigenvalue weighted by atomic mass is 9.91. The number of nitrogens with zero attached hydrogens (tertiary/aromatic N) is 7. The maximum absolute atomic E-state index is 12.6. The number of hydrogen-bond acceptors (Lipinski definition) is 8. The second kappa shape index (κ2) is 12.8. The molecule has 1 saturated carbocycles. The SMILES string of the molecule is C=CC(=O)N1CCN(c2nc(OC[C@H](C)N(C)C3CCC3)nc3c2CCN(c2cccc4cccc(C)c24)C3)C[C@H]1CC#N. The Labute approximate surface area is 260 Å². The van der Waals surface area contributed by atoms with Crippen LogP contribution in [0.1, 0.15) is 49.4 Å². The number of ether oxygens (including phenoxy) is 1. The Morgan fingerprint density at radius 1 is 1.18 bits per heavy atom. The number of benzene rings is 2. The van der Waals surface area contributed by atoms with Crippen molar-refractivity contribution in [1.82, 2.24) is 19.8 Å². The first-order chi connectivity index (χ1) is 21.4. The summed E-state index contributed by atoms with van der Waals surface area (Å²) in [6.45, 7) is 11.7. The van der Waals surface area contributed by atoms with Gasteiger partial charge in [-0.1, -0.05) is 43.3 Å². The van der Waals surface area contributed by atoms with Crippen LogP contribution in [0, 0.1) is 18.3 Å². The van der Waals surface area contributed by atoms with Gasteiger partial charge in [0, 0.05) is 54.9 Å². The van der Waals surface area contributed by atoms with Gasteiger partial charge in [-0.3, -0.25) is 9.69 Å². The summed E-state index contributed by atoms with van der Waals surface area (Å²) in [6, 6.07) is 16.3. The third-order valence-corrected chi connectivity index (χ3v) is 9.82. The average molecular weight is 594 g/mol. The lowest BCUT2D eigenvalue weighted by molar-refractivity contribution is -0.128. The fraction of sp³-hybridized carbons (Fsp3) is 0.486. The maximum Gasteiger partial charge on any atom is 0.318 e. The standard InChI is InChI=1S/C35H43N7O2/c1-5-32(43)42-20-19-41(21-28(42)15-17-36)34-29-16-18-40(31-14-7-11-26-10-6-9-24(2)33(26)31)22-30(29)37-35(38-34)44-23-25(3)39(4)27-12-8-13-27/h5-7,9-11,14,25,27-28H,1,8,12-13,15-16,18-23H2,2-4H3/t25-,28+/m0/s1. The molecule has 230 valence electrons. The van der Waals surface area contributed by atoms with E-state index in [1.165, 1.54) is 47.4 Å². The molecule has 44 heavy (non-hydrogen) atoms. The number of nitriles is 1. The van der Waals surface area contributed by atoms with Crippen LogP contribution in [0.2, 0.25) is 0 Å². The Morgan fingerprint density at radius 2 is 1.98 bits per heavy atom. The Balaban J connectivity index is 1.32. The Bertz CT molecular complexity index is 1570. The summed E-state index contributed by atoms with van der Waals surface area (Å²) in [4.78, 5) is 31.4. The number of hydrogen-bond donors (Lipinski definition) is 0. The van der Waals surface area contributed by atoms with Crippen LogP contribution in [-0.4, -0.2) is 83.6 Å². The summed E-state index contributed by atoms with van der Waals surface area (Å²) in [5, 5.41) is 12.1. The molecule has 3 aliphatic rings. The molecule has 6 rings (SSSR count). The number of aromatic nitrogens is 2. The second-order valence-corrected chi connectivity index (χ2v) is 12.5. The van der Waals surface area contributed by atoms with Gasteiger partial charge >= 0.3 is 6.01 Å². The number of likely N-dealkylation sites (N-methyl/N-ethyl adjacent to an activating group) is 1. The molecule has 1 aliphatic carbocycles. The van der Waals surface area contributed by atoms with Gasteiger partial charge < -0.3 is 19.4 Å². The highest BCUT2D eigenvalue weighted by molar-refractivity contribution is 5.97. The first-order valence-corrected chi connectivity index (χ1v) is 15.9. The van der Waals surface area contributed by atoms with Crippen LogP contribution in [0.4, 0.5) is 11.5 Å². The van der Waals surface area contributed by atoms with Crippen molar-refractivity contribution in [2.45, 2.75) is 70.6 Å². The predicted molar refractivity (Wildman–Crippen MR) is 174 cm³/mol. The highest BCUT2D eigenvalue weighted by atomic mass is 16.5. The van der Waals surface area contributed by atoms with Gasteiger partial charge in [0.1, 0.15) is 12.4 Å². The highest BCUT2D eigenvalue weighted by Crippen LogP contribution is 2.36.